The molecule has 0 saturated carbocycles. The Balaban J connectivity index is 2.04. The smallest absolute Gasteiger partial charge is 0.323 e. The van der Waals surface area contributed by atoms with Crippen molar-refractivity contribution < 1.29 is 14.3 Å². The van der Waals surface area contributed by atoms with Crippen LogP contribution in [-0.2, 0) is 15.3 Å². The maximum absolute atomic E-state index is 12.5. The number of Topliss-reactive ketones (excluding diaryl/α,β-unsaturated/α-hetero) is 1. The Morgan fingerprint density at radius 1 is 1.20 bits per heavy atom. The SMILES string of the molecule is CCOC(=O)CCCCC(=O)c1[nH]c(=O)[nH]c1CSc1nc(N)c(C#N)cc1C#N. The summed E-state index contributed by atoms with van der Waals surface area (Å²) in [7, 11) is 0. The molecule has 0 saturated heterocycles. The van der Waals surface area contributed by atoms with Crippen LogP contribution in [0.4, 0.5) is 5.82 Å². The lowest BCUT2D eigenvalue weighted by Gasteiger charge is -2.06. The molecule has 0 amide bonds. The van der Waals surface area contributed by atoms with Gasteiger partial charge < -0.3 is 20.4 Å². The average Bonchev–Trinajstić information content (AvgIpc) is 3.10. The second kappa shape index (κ2) is 10.8. The van der Waals surface area contributed by atoms with Crippen LogP contribution in [0.3, 0.4) is 0 Å². The van der Waals surface area contributed by atoms with Crippen molar-refractivity contribution >= 4 is 29.3 Å². The summed E-state index contributed by atoms with van der Waals surface area (Å²) >= 11 is 1.11. The van der Waals surface area contributed by atoms with Crippen LogP contribution in [-0.4, -0.2) is 33.3 Å². The number of anilines is 1. The van der Waals surface area contributed by atoms with Crippen LogP contribution in [0.1, 0.15) is 59.9 Å². The zero-order chi connectivity index (χ0) is 22.1. The standard InChI is InChI=1S/C19H20N6O4S/c1-2-29-15(27)6-4-3-5-14(26)16-13(23-19(28)24-16)10-30-18-12(9-21)7-11(8-20)17(22)25-18/h7H,2-6,10H2,1H3,(H2,22,25)(H2,23,24,28). The molecule has 2 rings (SSSR count). The van der Waals surface area contributed by atoms with Crippen molar-refractivity contribution in [3.05, 3.63) is 39.1 Å². The Hall–Kier alpha value is -3.57. The minimum Gasteiger partial charge on any atom is -0.466 e. The normalized spacial score (nSPS) is 10.2. The molecule has 11 heteroatoms. The van der Waals surface area contributed by atoms with E-state index in [0.29, 0.717) is 30.2 Å². The van der Waals surface area contributed by atoms with Crippen molar-refractivity contribution in [2.45, 2.75) is 43.4 Å². The molecule has 0 spiro atoms. The number of ketones is 1. The molecule has 30 heavy (non-hydrogen) atoms. The van der Waals surface area contributed by atoms with Crippen molar-refractivity contribution in [1.82, 2.24) is 15.0 Å². The van der Waals surface area contributed by atoms with E-state index < -0.39 is 5.69 Å². The molecule has 0 radical (unpaired) electrons. The van der Waals surface area contributed by atoms with Gasteiger partial charge in [0.2, 0.25) is 0 Å². The number of ether oxygens (including phenoxy) is 1. The fraction of sp³-hybridized carbons (Fsp3) is 0.368. The zero-order valence-corrected chi connectivity index (χ0v) is 17.1. The van der Waals surface area contributed by atoms with Gasteiger partial charge in [0.05, 0.1) is 23.4 Å². The molecule has 10 nitrogen and oxygen atoms in total. The van der Waals surface area contributed by atoms with E-state index in [-0.39, 0.29) is 53.0 Å². The Morgan fingerprint density at radius 3 is 2.57 bits per heavy atom. The summed E-state index contributed by atoms with van der Waals surface area (Å²) in [4.78, 5) is 44.7. The summed E-state index contributed by atoms with van der Waals surface area (Å²) in [6.45, 7) is 2.04. The van der Waals surface area contributed by atoms with Gasteiger partial charge in [0.1, 0.15) is 28.7 Å². The first-order valence-corrected chi connectivity index (χ1v) is 10.1. The van der Waals surface area contributed by atoms with Crippen molar-refractivity contribution in [2.24, 2.45) is 0 Å². The number of carbonyl (C=O) groups excluding carboxylic acids is 2. The lowest BCUT2D eigenvalue weighted by Crippen LogP contribution is -2.07. The van der Waals surface area contributed by atoms with Crippen molar-refractivity contribution in [3.63, 3.8) is 0 Å². The number of pyridine rings is 1. The summed E-state index contributed by atoms with van der Waals surface area (Å²) in [5, 5.41) is 18.5. The molecule has 2 aromatic heterocycles. The monoisotopic (exact) mass is 428 g/mol. The zero-order valence-electron chi connectivity index (χ0n) is 16.3. The van der Waals surface area contributed by atoms with E-state index in [1.54, 1.807) is 6.92 Å². The molecule has 0 aliphatic heterocycles. The van der Waals surface area contributed by atoms with Gasteiger partial charge in [-0.05, 0) is 25.8 Å². The van der Waals surface area contributed by atoms with Crippen LogP contribution >= 0.6 is 11.8 Å². The number of carbonyl (C=O) groups is 2. The number of nitrogens with one attached hydrogen (secondary N) is 2. The third kappa shape index (κ3) is 5.96. The van der Waals surface area contributed by atoms with Crippen molar-refractivity contribution in [3.8, 4) is 12.1 Å². The number of nitrogens with two attached hydrogens (primary N) is 1. The molecule has 0 aliphatic carbocycles. The van der Waals surface area contributed by atoms with E-state index in [2.05, 4.69) is 15.0 Å². The van der Waals surface area contributed by atoms with E-state index in [4.69, 9.17) is 15.7 Å². The molecule has 0 aromatic carbocycles. The lowest BCUT2D eigenvalue weighted by molar-refractivity contribution is -0.143. The largest absolute Gasteiger partial charge is 0.466 e. The quantitative estimate of drug-likeness (QED) is 0.221. The van der Waals surface area contributed by atoms with Crippen molar-refractivity contribution in [2.75, 3.05) is 12.3 Å². The summed E-state index contributed by atoms with van der Waals surface area (Å²) in [6, 6.07) is 5.16. The number of thioether (sulfide) groups is 1. The first-order valence-electron chi connectivity index (χ1n) is 9.13. The fourth-order valence-corrected chi connectivity index (χ4v) is 3.53. The molecule has 0 aliphatic rings. The lowest BCUT2D eigenvalue weighted by atomic mass is 10.1. The van der Waals surface area contributed by atoms with Gasteiger partial charge in [0, 0.05) is 18.6 Å². The maximum atomic E-state index is 12.5. The summed E-state index contributed by atoms with van der Waals surface area (Å²) in [5.74, 6) is -0.407. The number of nitrogen functional groups attached to an aromatic ring is 1. The van der Waals surface area contributed by atoms with E-state index in [1.165, 1.54) is 6.07 Å². The average molecular weight is 428 g/mol. The van der Waals surface area contributed by atoms with Crippen molar-refractivity contribution in [1.29, 1.82) is 10.5 Å². The van der Waals surface area contributed by atoms with Crippen LogP contribution in [0, 0.1) is 22.7 Å². The second-order valence-electron chi connectivity index (χ2n) is 6.15. The molecule has 0 fully saturated rings. The highest BCUT2D eigenvalue weighted by Crippen LogP contribution is 2.27. The third-order valence-electron chi connectivity index (χ3n) is 4.03. The van der Waals surface area contributed by atoms with E-state index in [9.17, 15) is 19.6 Å². The first-order chi connectivity index (χ1) is 14.4. The molecule has 0 unspecified atom stereocenters. The number of imidazole rings is 1. The van der Waals surface area contributed by atoms with E-state index in [1.807, 2.05) is 12.1 Å². The maximum Gasteiger partial charge on any atom is 0.323 e. The predicted molar refractivity (Wildman–Crippen MR) is 108 cm³/mol. The Kier molecular flexibility index (Phi) is 8.20. The number of aromatic amines is 2. The molecular formula is C19H20N6O4S. The minimum atomic E-state index is -0.520. The van der Waals surface area contributed by atoms with Gasteiger partial charge >= 0.3 is 11.7 Å². The van der Waals surface area contributed by atoms with E-state index >= 15 is 0 Å². The number of nitrogens with zero attached hydrogens (tertiary/aromatic N) is 3. The number of hydrogen-bond donors (Lipinski definition) is 3. The Labute approximate surface area is 176 Å². The van der Waals surface area contributed by atoms with Gasteiger partial charge in [0.15, 0.2) is 5.78 Å². The molecule has 0 atom stereocenters. The number of rotatable bonds is 10. The molecule has 156 valence electrons. The van der Waals surface area contributed by atoms with Crippen LogP contribution in [0.25, 0.3) is 0 Å². The first kappa shape index (κ1) is 22.7. The second-order valence-corrected chi connectivity index (χ2v) is 7.12. The highest BCUT2D eigenvalue weighted by atomic mass is 32.2. The molecule has 2 heterocycles. The van der Waals surface area contributed by atoms with Gasteiger partial charge in [0.25, 0.3) is 0 Å². The molecule has 4 N–H and O–H groups in total. The minimum absolute atomic E-state index is 0.000498. The van der Waals surface area contributed by atoms with Gasteiger partial charge in [-0.3, -0.25) is 9.59 Å². The molecule has 0 bridgehead atoms. The molecule has 2 aromatic rings. The van der Waals surface area contributed by atoms with Gasteiger partial charge in [-0.2, -0.15) is 10.5 Å². The third-order valence-corrected chi connectivity index (χ3v) is 5.05. The number of unbranched alkanes of at least 4 members (excludes halogenated alkanes) is 1. The number of hydrogen-bond acceptors (Lipinski definition) is 9. The van der Waals surface area contributed by atoms with Crippen LogP contribution in [0.2, 0.25) is 0 Å². The van der Waals surface area contributed by atoms with Crippen LogP contribution in [0.15, 0.2) is 15.9 Å². The Morgan fingerprint density at radius 2 is 1.90 bits per heavy atom. The Bertz CT molecular complexity index is 1080. The highest BCUT2D eigenvalue weighted by molar-refractivity contribution is 7.98. The fourth-order valence-electron chi connectivity index (χ4n) is 2.61. The summed E-state index contributed by atoms with van der Waals surface area (Å²) < 4.78 is 4.84. The number of esters is 1. The predicted octanol–water partition coefficient (Wildman–Crippen LogP) is 2.02. The number of H-pyrrole nitrogens is 2. The topological polar surface area (TPSA) is 179 Å². The molecular weight excluding hydrogens is 408 g/mol. The highest BCUT2D eigenvalue weighted by Gasteiger charge is 2.17. The summed E-state index contributed by atoms with van der Waals surface area (Å²) in [5.41, 5.74) is 5.99. The number of aromatic nitrogens is 3. The van der Waals surface area contributed by atoms with Gasteiger partial charge in [-0.1, -0.05) is 11.8 Å². The van der Waals surface area contributed by atoms with Gasteiger partial charge in [-0.15, -0.1) is 0 Å². The number of nitriles is 2. The van der Waals surface area contributed by atoms with E-state index in [0.717, 1.165) is 11.8 Å². The van der Waals surface area contributed by atoms with Crippen LogP contribution < -0.4 is 11.4 Å². The van der Waals surface area contributed by atoms with Gasteiger partial charge in [-0.25, -0.2) is 9.78 Å². The van der Waals surface area contributed by atoms with Crippen LogP contribution in [0.5, 0.6) is 0 Å². The summed E-state index contributed by atoms with van der Waals surface area (Å²) in [6.07, 6.45) is 1.37.